The van der Waals surface area contributed by atoms with E-state index in [0.29, 0.717) is 24.1 Å². The summed E-state index contributed by atoms with van der Waals surface area (Å²) in [4.78, 5) is 6.79. The molecule has 1 saturated heterocycles. The van der Waals surface area contributed by atoms with Crippen molar-refractivity contribution >= 4 is 0 Å². The highest BCUT2D eigenvalue weighted by atomic mass is 19.1. The van der Waals surface area contributed by atoms with Crippen molar-refractivity contribution in [2.45, 2.75) is 18.8 Å². The van der Waals surface area contributed by atoms with E-state index < -0.39 is 0 Å². The molecule has 3 aromatic rings. The minimum atomic E-state index is -0.302. The molecule has 1 atom stereocenters. The Labute approximate surface area is 161 Å². The van der Waals surface area contributed by atoms with Gasteiger partial charge in [0.2, 0.25) is 11.7 Å². The molecule has 0 saturated carbocycles. The van der Waals surface area contributed by atoms with E-state index in [1.807, 2.05) is 0 Å². The van der Waals surface area contributed by atoms with Crippen molar-refractivity contribution in [3.63, 3.8) is 0 Å². The minimum Gasteiger partial charge on any atom is -0.492 e. The zero-order valence-electron chi connectivity index (χ0n) is 15.4. The molecule has 7 heteroatoms. The van der Waals surface area contributed by atoms with Crippen LogP contribution < -0.4 is 4.74 Å². The van der Waals surface area contributed by atoms with E-state index >= 15 is 0 Å². The van der Waals surface area contributed by atoms with Crippen molar-refractivity contribution in [3.05, 3.63) is 66.1 Å². The van der Waals surface area contributed by atoms with Gasteiger partial charge in [0.05, 0.1) is 5.92 Å². The first-order valence-electron chi connectivity index (χ1n) is 9.37. The normalized spacial score (nSPS) is 17.6. The Hall–Kier alpha value is -2.80. The largest absolute Gasteiger partial charge is 0.492 e. The average molecular weight is 385 g/mol. The van der Waals surface area contributed by atoms with Gasteiger partial charge in [-0.1, -0.05) is 11.2 Å². The number of ether oxygens (including phenoxy) is 1. The quantitative estimate of drug-likeness (QED) is 0.634. The minimum absolute atomic E-state index is 0.157. The molecule has 1 unspecified atom stereocenters. The second-order valence-electron chi connectivity index (χ2n) is 6.91. The van der Waals surface area contributed by atoms with Crippen LogP contribution in [0.15, 0.2) is 53.1 Å². The van der Waals surface area contributed by atoms with E-state index in [0.717, 1.165) is 38.0 Å². The van der Waals surface area contributed by atoms with Gasteiger partial charge < -0.3 is 9.26 Å². The number of nitrogens with zero attached hydrogens (tertiary/aromatic N) is 3. The maximum atomic E-state index is 13.2. The smallest absolute Gasteiger partial charge is 0.231 e. The van der Waals surface area contributed by atoms with Gasteiger partial charge in [-0.05, 0) is 55.8 Å². The summed E-state index contributed by atoms with van der Waals surface area (Å²) < 4.78 is 37.4. The van der Waals surface area contributed by atoms with Crippen LogP contribution in [0.25, 0.3) is 11.4 Å². The third-order valence-electron chi connectivity index (χ3n) is 4.87. The molecule has 0 N–H and O–H groups in total. The van der Waals surface area contributed by atoms with Gasteiger partial charge in [-0.3, -0.25) is 4.90 Å². The molecule has 1 aliphatic rings. The van der Waals surface area contributed by atoms with Crippen molar-refractivity contribution in [3.8, 4) is 17.1 Å². The standard InChI is InChI=1S/C21H21F2N3O2/c22-17-8-6-15(7-9-17)20-24-21(28-25-20)16-3-2-10-26(14-16)11-12-27-19-5-1-4-18(23)13-19/h1,4-9,13,16H,2-3,10-12,14H2. The number of benzene rings is 2. The Balaban J connectivity index is 1.33. The Kier molecular flexibility index (Phi) is 5.62. The zero-order valence-corrected chi connectivity index (χ0v) is 15.4. The number of aromatic nitrogens is 2. The van der Waals surface area contributed by atoms with Crippen LogP contribution in [0.1, 0.15) is 24.7 Å². The molecular formula is C21H21F2N3O2. The van der Waals surface area contributed by atoms with Gasteiger partial charge in [0, 0.05) is 24.7 Å². The maximum Gasteiger partial charge on any atom is 0.231 e. The summed E-state index contributed by atoms with van der Waals surface area (Å²) in [6.45, 7) is 3.01. The summed E-state index contributed by atoms with van der Waals surface area (Å²) in [5.74, 6) is 1.18. The summed E-state index contributed by atoms with van der Waals surface area (Å²) in [5.41, 5.74) is 0.729. The molecular weight excluding hydrogens is 364 g/mol. The van der Waals surface area contributed by atoms with Crippen LogP contribution in [0.5, 0.6) is 5.75 Å². The summed E-state index contributed by atoms with van der Waals surface area (Å²) in [6.07, 6.45) is 2.01. The van der Waals surface area contributed by atoms with Crippen LogP contribution in [0.4, 0.5) is 8.78 Å². The summed E-state index contributed by atoms with van der Waals surface area (Å²) >= 11 is 0. The van der Waals surface area contributed by atoms with Crippen LogP contribution in [0.3, 0.4) is 0 Å². The van der Waals surface area contributed by atoms with E-state index in [4.69, 9.17) is 9.26 Å². The Morgan fingerprint density at radius 2 is 1.96 bits per heavy atom. The predicted molar refractivity (Wildman–Crippen MR) is 100 cm³/mol. The highest BCUT2D eigenvalue weighted by molar-refractivity contribution is 5.53. The highest BCUT2D eigenvalue weighted by Gasteiger charge is 2.26. The number of hydrogen-bond donors (Lipinski definition) is 0. The van der Waals surface area contributed by atoms with Crippen molar-refractivity contribution in [2.75, 3.05) is 26.2 Å². The molecule has 2 heterocycles. The van der Waals surface area contributed by atoms with Crippen molar-refractivity contribution < 1.29 is 18.0 Å². The van der Waals surface area contributed by atoms with Gasteiger partial charge in [-0.2, -0.15) is 4.98 Å². The fourth-order valence-corrected chi connectivity index (χ4v) is 3.43. The van der Waals surface area contributed by atoms with Crippen LogP contribution in [-0.4, -0.2) is 41.3 Å². The van der Waals surface area contributed by atoms with E-state index in [2.05, 4.69) is 15.0 Å². The third kappa shape index (κ3) is 4.54. The molecule has 1 aliphatic heterocycles. The van der Waals surface area contributed by atoms with Gasteiger partial charge in [0.1, 0.15) is 24.0 Å². The zero-order chi connectivity index (χ0) is 19.3. The Morgan fingerprint density at radius 1 is 1.11 bits per heavy atom. The number of piperidine rings is 1. The summed E-state index contributed by atoms with van der Waals surface area (Å²) in [5, 5.41) is 4.04. The first-order valence-corrected chi connectivity index (χ1v) is 9.37. The number of likely N-dealkylation sites (tertiary alicyclic amines) is 1. The van der Waals surface area contributed by atoms with Gasteiger partial charge in [-0.15, -0.1) is 0 Å². The van der Waals surface area contributed by atoms with Gasteiger partial charge >= 0.3 is 0 Å². The summed E-state index contributed by atoms with van der Waals surface area (Å²) in [7, 11) is 0. The van der Waals surface area contributed by atoms with Gasteiger partial charge in [0.15, 0.2) is 0 Å². The molecule has 146 valence electrons. The number of halogens is 2. The lowest BCUT2D eigenvalue weighted by Crippen LogP contribution is -2.37. The van der Waals surface area contributed by atoms with Crippen molar-refractivity contribution in [1.29, 1.82) is 0 Å². The molecule has 0 bridgehead atoms. The van der Waals surface area contributed by atoms with Gasteiger partial charge in [-0.25, -0.2) is 8.78 Å². The highest BCUT2D eigenvalue weighted by Crippen LogP contribution is 2.27. The second-order valence-corrected chi connectivity index (χ2v) is 6.91. The SMILES string of the molecule is Fc1ccc(-c2noc(C3CCCN(CCOc4cccc(F)c4)C3)n2)cc1. The Bertz CT molecular complexity index is 914. The lowest BCUT2D eigenvalue weighted by atomic mass is 9.98. The molecule has 1 fully saturated rings. The lowest BCUT2D eigenvalue weighted by molar-refractivity contribution is 0.157. The fraction of sp³-hybridized carbons (Fsp3) is 0.333. The van der Waals surface area contributed by atoms with Crippen LogP contribution in [0.2, 0.25) is 0 Å². The number of rotatable bonds is 6. The summed E-state index contributed by atoms with van der Waals surface area (Å²) in [6, 6.07) is 12.2. The first-order chi connectivity index (χ1) is 13.7. The van der Waals surface area contributed by atoms with E-state index in [1.54, 1.807) is 24.3 Å². The molecule has 0 amide bonds. The first kappa shape index (κ1) is 18.6. The molecule has 5 nitrogen and oxygen atoms in total. The maximum absolute atomic E-state index is 13.2. The van der Waals surface area contributed by atoms with E-state index in [1.165, 1.54) is 24.3 Å². The molecule has 1 aromatic heterocycles. The van der Waals surface area contributed by atoms with Crippen molar-refractivity contribution in [2.24, 2.45) is 0 Å². The molecule has 4 rings (SSSR count). The topological polar surface area (TPSA) is 51.4 Å². The van der Waals surface area contributed by atoms with Crippen molar-refractivity contribution in [1.82, 2.24) is 15.0 Å². The van der Waals surface area contributed by atoms with Gasteiger partial charge in [0.25, 0.3) is 0 Å². The van der Waals surface area contributed by atoms with Crippen LogP contribution >= 0.6 is 0 Å². The van der Waals surface area contributed by atoms with E-state index in [-0.39, 0.29) is 17.6 Å². The third-order valence-corrected chi connectivity index (χ3v) is 4.87. The van der Waals surface area contributed by atoms with Crippen LogP contribution in [-0.2, 0) is 0 Å². The van der Waals surface area contributed by atoms with Crippen LogP contribution in [0, 0.1) is 11.6 Å². The van der Waals surface area contributed by atoms with E-state index in [9.17, 15) is 8.78 Å². The molecule has 28 heavy (non-hydrogen) atoms. The monoisotopic (exact) mass is 385 g/mol. The fourth-order valence-electron chi connectivity index (χ4n) is 3.43. The average Bonchev–Trinajstić information content (AvgIpc) is 3.19. The molecule has 0 radical (unpaired) electrons. The molecule has 0 spiro atoms. The predicted octanol–water partition coefficient (Wildman–Crippen LogP) is 4.27. The molecule has 2 aromatic carbocycles. The molecule has 0 aliphatic carbocycles. The second kappa shape index (κ2) is 8.48. The Morgan fingerprint density at radius 3 is 2.79 bits per heavy atom. The number of hydrogen-bond acceptors (Lipinski definition) is 5. The lowest BCUT2D eigenvalue weighted by Gasteiger charge is -2.30.